The van der Waals surface area contributed by atoms with Crippen molar-refractivity contribution in [1.82, 2.24) is 15.5 Å². The molecule has 0 radical (unpaired) electrons. The first-order chi connectivity index (χ1) is 14.0. The molecule has 1 unspecified atom stereocenters. The maximum Gasteiger partial charge on any atom is 0.262 e. The van der Waals surface area contributed by atoms with E-state index in [1.54, 1.807) is 18.2 Å². The topological polar surface area (TPSA) is 142 Å². The highest BCUT2D eigenvalue weighted by Gasteiger charge is 2.45. The number of aliphatic hydroxyl groups is 1. The van der Waals surface area contributed by atoms with Gasteiger partial charge in [-0.25, -0.2) is 0 Å². The monoisotopic (exact) mass is 402 g/mol. The summed E-state index contributed by atoms with van der Waals surface area (Å²) in [7, 11) is 0. The number of fused-ring (bicyclic) bond motifs is 1. The molecule has 5 N–H and O–H groups in total. The van der Waals surface area contributed by atoms with Gasteiger partial charge in [0.25, 0.3) is 11.8 Å². The van der Waals surface area contributed by atoms with E-state index in [0.29, 0.717) is 18.7 Å². The van der Waals surface area contributed by atoms with E-state index in [-0.39, 0.29) is 36.6 Å². The standard InChI is InChI=1S/C20H26N4O5/c21-9-2-1-5-13(11-25)22-10-12-4-3-6-14-17(12)20(29)24(19(14)28)15-7-8-16(26)23-18(15)27/h3-4,6,13,15,22,25H,1-2,5,7-11,21H2,(H,23,26,27)/t13-,15?/m0/s1. The van der Waals surface area contributed by atoms with Gasteiger partial charge in [0.1, 0.15) is 6.04 Å². The van der Waals surface area contributed by atoms with Crippen molar-refractivity contribution in [2.75, 3.05) is 13.2 Å². The number of rotatable bonds is 9. The third-order valence-electron chi connectivity index (χ3n) is 5.36. The number of unbranched alkanes of at least 4 members (excludes halogenated alkanes) is 1. The molecule has 4 amide bonds. The van der Waals surface area contributed by atoms with Crippen LogP contribution in [-0.4, -0.2) is 58.9 Å². The molecule has 0 aliphatic carbocycles. The van der Waals surface area contributed by atoms with E-state index in [4.69, 9.17) is 5.73 Å². The first-order valence-electron chi connectivity index (χ1n) is 9.85. The number of imide groups is 2. The lowest BCUT2D eigenvalue weighted by atomic mass is 10.0. The second-order valence-electron chi connectivity index (χ2n) is 7.33. The third kappa shape index (κ3) is 4.36. The molecule has 156 valence electrons. The molecule has 0 aromatic heterocycles. The van der Waals surface area contributed by atoms with E-state index in [0.717, 1.165) is 24.2 Å². The number of hydrogen-bond donors (Lipinski definition) is 4. The van der Waals surface area contributed by atoms with Crippen molar-refractivity contribution < 1.29 is 24.3 Å². The van der Waals surface area contributed by atoms with Crippen LogP contribution in [0.5, 0.6) is 0 Å². The van der Waals surface area contributed by atoms with E-state index < -0.39 is 29.7 Å². The molecule has 2 atom stereocenters. The number of nitrogens with two attached hydrogens (primary N) is 1. The Labute approximate surface area is 168 Å². The summed E-state index contributed by atoms with van der Waals surface area (Å²) >= 11 is 0. The Morgan fingerprint density at radius 3 is 2.69 bits per heavy atom. The Morgan fingerprint density at radius 1 is 1.21 bits per heavy atom. The average Bonchev–Trinajstić information content (AvgIpc) is 2.96. The first-order valence-corrected chi connectivity index (χ1v) is 9.85. The van der Waals surface area contributed by atoms with E-state index in [1.807, 2.05) is 0 Å². The van der Waals surface area contributed by atoms with Gasteiger partial charge >= 0.3 is 0 Å². The third-order valence-corrected chi connectivity index (χ3v) is 5.36. The predicted octanol–water partition coefficient (Wildman–Crippen LogP) is -0.333. The SMILES string of the molecule is NCCCC[C@@H](CO)NCc1cccc2c1C(=O)N(C1CCC(=O)NC1=O)C2=O. The fourth-order valence-corrected chi connectivity index (χ4v) is 3.78. The van der Waals surface area contributed by atoms with Crippen molar-refractivity contribution in [1.29, 1.82) is 0 Å². The fourth-order valence-electron chi connectivity index (χ4n) is 3.78. The summed E-state index contributed by atoms with van der Waals surface area (Å²) in [6.45, 7) is 0.852. The van der Waals surface area contributed by atoms with Crippen LogP contribution in [0.2, 0.25) is 0 Å². The molecule has 1 saturated heterocycles. The normalized spacial score (nSPS) is 20.1. The van der Waals surface area contributed by atoms with Crippen molar-refractivity contribution in [3.05, 3.63) is 34.9 Å². The quantitative estimate of drug-likeness (QED) is 0.327. The maximum absolute atomic E-state index is 13.0. The number of carbonyl (C=O) groups excluding carboxylic acids is 4. The molecule has 2 aliphatic heterocycles. The molecule has 1 fully saturated rings. The lowest BCUT2D eigenvalue weighted by molar-refractivity contribution is -0.136. The van der Waals surface area contributed by atoms with E-state index >= 15 is 0 Å². The van der Waals surface area contributed by atoms with Gasteiger partial charge in [-0.05, 0) is 37.4 Å². The molecular formula is C20H26N4O5. The Morgan fingerprint density at radius 2 is 2.00 bits per heavy atom. The van der Waals surface area contributed by atoms with E-state index in [9.17, 15) is 24.3 Å². The molecule has 0 bridgehead atoms. The summed E-state index contributed by atoms with van der Waals surface area (Å²) in [5.41, 5.74) is 6.66. The van der Waals surface area contributed by atoms with Gasteiger partial charge in [0.15, 0.2) is 0 Å². The van der Waals surface area contributed by atoms with Crippen LogP contribution >= 0.6 is 0 Å². The van der Waals surface area contributed by atoms with Gasteiger partial charge < -0.3 is 16.2 Å². The maximum atomic E-state index is 13.0. The van der Waals surface area contributed by atoms with Crippen molar-refractivity contribution in [2.45, 2.75) is 50.7 Å². The van der Waals surface area contributed by atoms with Crippen molar-refractivity contribution in [3.8, 4) is 0 Å². The second-order valence-corrected chi connectivity index (χ2v) is 7.33. The second kappa shape index (κ2) is 9.25. The van der Waals surface area contributed by atoms with E-state index in [2.05, 4.69) is 10.6 Å². The smallest absolute Gasteiger partial charge is 0.262 e. The Bertz CT molecular complexity index is 825. The van der Waals surface area contributed by atoms with Gasteiger partial charge in [-0.2, -0.15) is 0 Å². The van der Waals surface area contributed by atoms with Crippen molar-refractivity contribution >= 4 is 23.6 Å². The van der Waals surface area contributed by atoms with Crippen LogP contribution in [0, 0.1) is 0 Å². The van der Waals surface area contributed by atoms with Gasteiger partial charge in [0.05, 0.1) is 17.7 Å². The first kappa shape index (κ1) is 21.1. The molecular weight excluding hydrogens is 376 g/mol. The number of hydrogen-bond acceptors (Lipinski definition) is 7. The fraction of sp³-hybridized carbons (Fsp3) is 0.500. The molecule has 9 nitrogen and oxygen atoms in total. The summed E-state index contributed by atoms with van der Waals surface area (Å²) < 4.78 is 0. The summed E-state index contributed by atoms with van der Waals surface area (Å²) in [6, 6.07) is 3.88. The average molecular weight is 402 g/mol. The van der Waals surface area contributed by atoms with Crippen molar-refractivity contribution in [2.24, 2.45) is 5.73 Å². The molecule has 1 aromatic rings. The molecule has 29 heavy (non-hydrogen) atoms. The highest BCUT2D eigenvalue weighted by atomic mass is 16.3. The van der Waals surface area contributed by atoms with Crippen LogP contribution in [0.15, 0.2) is 18.2 Å². The number of amides is 4. The number of carbonyl (C=O) groups is 4. The van der Waals surface area contributed by atoms with Gasteiger partial charge in [-0.1, -0.05) is 18.6 Å². The number of piperidine rings is 1. The minimum Gasteiger partial charge on any atom is -0.395 e. The number of benzene rings is 1. The predicted molar refractivity (Wildman–Crippen MR) is 104 cm³/mol. The van der Waals surface area contributed by atoms with Gasteiger partial charge in [0, 0.05) is 19.0 Å². The summed E-state index contributed by atoms with van der Waals surface area (Å²) in [5, 5.41) is 15.0. The summed E-state index contributed by atoms with van der Waals surface area (Å²) in [5.74, 6) is -2.09. The zero-order valence-electron chi connectivity index (χ0n) is 16.1. The highest BCUT2D eigenvalue weighted by molar-refractivity contribution is 6.24. The largest absolute Gasteiger partial charge is 0.395 e. The van der Waals surface area contributed by atoms with Crippen LogP contribution < -0.4 is 16.4 Å². The zero-order valence-corrected chi connectivity index (χ0v) is 16.1. The van der Waals surface area contributed by atoms with Gasteiger partial charge in [0.2, 0.25) is 11.8 Å². The Hall–Kier alpha value is -2.62. The lowest BCUT2D eigenvalue weighted by Gasteiger charge is -2.27. The highest BCUT2D eigenvalue weighted by Crippen LogP contribution is 2.30. The summed E-state index contributed by atoms with van der Waals surface area (Å²) in [6.07, 6.45) is 2.70. The molecule has 3 rings (SSSR count). The minimum atomic E-state index is -0.984. The molecule has 9 heteroatoms. The molecule has 0 saturated carbocycles. The number of nitrogens with one attached hydrogen (secondary N) is 2. The molecule has 2 heterocycles. The minimum absolute atomic E-state index is 0.0468. The van der Waals surface area contributed by atoms with Gasteiger partial charge in [-0.15, -0.1) is 0 Å². The zero-order chi connectivity index (χ0) is 21.0. The van der Waals surface area contributed by atoms with Crippen LogP contribution in [0.3, 0.4) is 0 Å². The number of nitrogens with zero attached hydrogens (tertiary/aromatic N) is 1. The van der Waals surface area contributed by atoms with E-state index in [1.165, 1.54) is 0 Å². The van der Waals surface area contributed by atoms with Crippen molar-refractivity contribution in [3.63, 3.8) is 0 Å². The Balaban J connectivity index is 1.76. The van der Waals surface area contributed by atoms with Gasteiger partial charge in [-0.3, -0.25) is 29.4 Å². The molecule has 1 aromatic carbocycles. The molecule has 0 spiro atoms. The summed E-state index contributed by atoms with van der Waals surface area (Å²) in [4.78, 5) is 50.4. The Kier molecular flexibility index (Phi) is 6.73. The van der Waals surface area contributed by atoms with Crippen LogP contribution in [0.1, 0.15) is 58.4 Å². The van der Waals surface area contributed by atoms with Crippen LogP contribution in [0.4, 0.5) is 0 Å². The van der Waals surface area contributed by atoms with Crippen LogP contribution in [0.25, 0.3) is 0 Å². The number of aliphatic hydroxyl groups excluding tert-OH is 1. The molecule has 2 aliphatic rings. The lowest BCUT2D eigenvalue weighted by Crippen LogP contribution is -2.54. The van der Waals surface area contributed by atoms with Crippen LogP contribution in [-0.2, 0) is 16.1 Å².